The van der Waals surface area contributed by atoms with E-state index < -0.39 is 0 Å². The van der Waals surface area contributed by atoms with Crippen LogP contribution in [-0.4, -0.2) is 21.1 Å². The van der Waals surface area contributed by atoms with Gasteiger partial charge in [0, 0.05) is 22.7 Å². The van der Waals surface area contributed by atoms with E-state index in [0.717, 1.165) is 35.5 Å². The molecule has 5 heteroatoms. The largest absolute Gasteiger partial charge is 0.322 e. The van der Waals surface area contributed by atoms with E-state index in [4.69, 9.17) is 0 Å². The average Bonchev–Trinajstić information content (AvgIpc) is 3.45. The van der Waals surface area contributed by atoms with Gasteiger partial charge in [-0.1, -0.05) is 6.07 Å². The number of carbonyl (C=O) groups is 1. The van der Waals surface area contributed by atoms with Gasteiger partial charge in [-0.25, -0.2) is 4.98 Å². The maximum Gasteiger partial charge on any atom is 0.255 e. The summed E-state index contributed by atoms with van der Waals surface area (Å²) < 4.78 is 0. The minimum atomic E-state index is -0.0648. The Hall–Kier alpha value is -2.95. The fourth-order valence-corrected chi connectivity index (χ4v) is 3.72. The van der Waals surface area contributed by atoms with E-state index in [2.05, 4.69) is 26.6 Å². The molecule has 136 valence electrons. The second-order valence-corrected chi connectivity index (χ2v) is 7.54. The monoisotopic (exact) mass is 358 g/mol. The van der Waals surface area contributed by atoms with Crippen LogP contribution in [0.1, 0.15) is 58.9 Å². The van der Waals surface area contributed by atoms with E-state index in [1.165, 1.54) is 36.8 Å². The molecule has 5 rings (SSSR count). The molecular weight excluding hydrogens is 336 g/mol. The summed E-state index contributed by atoms with van der Waals surface area (Å²) >= 11 is 0. The summed E-state index contributed by atoms with van der Waals surface area (Å²) in [5.74, 6) is 2.19. The van der Waals surface area contributed by atoms with Gasteiger partial charge >= 0.3 is 0 Å². The Balaban J connectivity index is 1.29. The topological polar surface area (TPSA) is 70.7 Å². The highest BCUT2D eigenvalue weighted by molar-refractivity contribution is 6.04. The summed E-state index contributed by atoms with van der Waals surface area (Å²) in [6.45, 7) is 0. The van der Waals surface area contributed by atoms with Crippen molar-refractivity contribution in [1.29, 1.82) is 0 Å². The molecule has 0 radical (unpaired) electrons. The molecule has 1 fully saturated rings. The standard InChI is InChI=1S/C22H22N4O/c27-22(18-8-5-14-3-1-2-4-17(14)13-18)23-19-11-9-16(10-12-19)21-24-20(25-26-21)15-6-7-15/h5,8-13,15H,1-4,6-7H2,(H,23,27)(H,24,25,26). The predicted molar refractivity (Wildman–Crippen MR) is 105 cm³/mol. The summed E-state index contributed by atoms with van der Waals surface area (Å²) in [5, 5.41) is 10.3. The van der Waals surface area contributed by atoms with Gasteiger partial charge in [-0.3, -0.25) is 9.89 Å². The molecule has 1 aromatic heterocycles. The van der Waals surface area contributed by atoms with Crippen LogP contribution in [0, 0.1) is 0 Å². The molecule has 0 atom stereocenters. The third-order valence-corrected chi connectivity index (χ3v) is 5.48. The molecule has 2 aromatic carbocycles. The van der Waals surface area contributed by atoms with Gasteiger partial charge < -0.3 is 5.32 Å². The van der Waals surface area contributed by atoms with Crippen LogP contribution in [0.5, 0.6) is 0 Å². The minimum Gasteiger partial charge on any atom is -0.322 e. The Morgan fingerprint density at radius 1 is 1.00 bits per heavy atom. The van der Waals surface area contributed by atoms with Crippen molar-refractivity contribution in [2.75, 3.05) is 5.32 Å². The highest BCUT2D eigenvalue weighted by Crippen LogP contribution is 2.38. The number of H-pyrrole nitrogens is 1. The van der Waals surface area contributed by atoms with Crippen molar-refractivity contribution in [3.8, 4) is 11.4 Å². The number of nitrogens with zero attached hydrogens (tertiary/aromatic N) is 2. The number of carbonyl (C=O) groups excluding carboxylic acids is 1. The fraction of sp³-hybridized carbons (Fsp3) is 0.318. The molecule has 3 aromatic rings. The maximum absolute atomic E-state index is 12.6. The first-order valence-electron chi connectivity index (χ1n) is 9.72. The van der Waals surface area contributed by atoms with Gasteiger partial charge in [0.25, 0.3) is 5.91 Å². The number of nitrogens with one attached hydrogen (secondary N) is 2. The Morgan fingerprint density at radius 3 is 2.56 bits per heavy atom. The lowest BCUT2D eigenvalue weighted by Gasteiger charge is -2.16. The molecule has 27 heavy (non-hydrogen) atoms. The van der Waals surface area contributed by atoms with Gasteiger partial charge in [0.2, 0.25) is 0 Å². The third kappa shape index (κ3) is 3.37. The van der Waals surface area contributed by atoms with Crippen molar-refractivity contribution in [3.05, 3.63) is 65.0 Å². The third-order valence-electron chi connectivity index (χ3n) is 5.48. The normalized spacial score (nSPS) is 16.0. The van der Waals surface area contributed by atoms with E-state index in [1.54, 1.807) is 0 Å². The Labute approximate surface area is 158 Å². The second-order valence-electron chi connectivity index (χ2n) is 7.54. The number of aromatic amines is 1. The molecular formula is C22H22N4O. The zero-order valence-electron chi connectivity index (χ0n) is 15.2. The quantitative estimate of drug-likeness (QED) is 0.722. The molecule has 0 unspecified atom stereocenters. The molecule has 5 nitrogen and oxygen atoms in total. The lowest BCUT2D eigenvalue weighted by atomic mass is 9.90. The first kappa shape index (κ1) is 16.2. The summed E-state index contributed by atoms with van der Waals surface area (Å²) in [4.78, 5) is 17.2. The van der Waals surface area contributed by atoms with Crippen LogP contribution >= 0.6 is 0 Å². The highest BCUT2D eigenvalue weighted by atomic mass is 16.1. The van der Waals surface area contributed by atoms with Crippen molar-refractivity contribution >= 4 is 11.6 Å². The van der Waals surface area contributed by atoms with Crippen molar-refractivity contribution in [1.82, 2.24) is 15.2 Å². The van der Waals surface area contributed by atoms with Gasteiger partial charge in [0.05, 0.1) is 0 Å². The van der Waals surface area contributed by atoms with Crippen LogP contribution in [-0.2, 0) is 12.8 Å². The number of hydrogen-bond acceptors (Lipinski definition) is 3. The number of amides is 1. The Bertz CT molecular complexity index is 986. The summed E-state index contributed by atoms with van der Waals surface area (Å²) in [7, 11) is 0. The molecule has 0 bridgehead atoms. The van der Waals surface area contributed by atoms with Crippen molar-refractivity contribution in [2.45, 2.75) is 44.4 Å². The lowest BCUT2D eigenvalue weighted by Crippen LogP contribution is -2.13. The van der Waals surface area contributed by atoms with Gasteiger partial charge in [0.15, 0.2) is 5.82 Å². The zero-order chi connectivity index (χ0) is 18.2. The van der Waals surface area contributed by atoms with Crippen LogP contribution in [0.15, 0.2) is 42.5 Å². The van der Waals surface area contributed by atoms with Crippen LogP contribution in [0.3, 0.4) is 0 Å². The Kier molecular flexibility index (Phi) is 4.00. The van der Waals surface area contributed by atoms with Crippen molar-refractivity contribution < 1.29 is 4.79 Å². The predicted octanol–water partition coefficient (Wildman–Crippen LogP) is 4.48. The molecule has 1 saturated carbocycles. The van der Waals surface area contributed by atoms with Crippen LogP contribution in [0.25, 0.3) is 11.4 Å². The SMILES string of the molecule is O=C(Nc1ccc(-c2n[nH]c(C3CC3)n2)cc1)c1ccc2c(c1)CCCC2. The maximum atomic E-state index is 12.6. The number of fused-ring (bicyclic) bond motifs is 1. The highest BCUT2D eigenvalue weighted by Gasteiger charge is 2.27. The molecule has 2 N–H and O–H groups in total. The van der Waals surface area contributed by atoms with Gasteiger partial charge in [-0.15, -0.1) is 0 Å². The van der Waals surface area contributed by atoms with Crippen molar-refractivity contribution in [3.63, 3.8) is 0 Å². The molecule has 2 aliphatic carbocycles. The molecule has 1 heterocycles. The average molecular weight is 358 g/mol. The van der Waals surface area contributed by atoms with E-state index in [-0.39, 0.29) is 5.91 Å². The molecule has 0 spiro atoms. The number of hydrogen-bond donors (Lipinski definition) is 2. The van der Waals surface area contributed by atoms with Gasteiger partial charge in [-0.05, 0) is 86.1 Å². The van der Waals surface area contributed by atoms with Gasteiger partial charge in [0.1, 0.15) is 5.82 Å². The number of aryl methyl sites for hydroxylation is 2. The molecule has 2 aliphatic rings. The number of anilines is 1. The summed E-state index contributed by atoms with van der Waals surface area (Å²) in [6.07, 6.45) is 7.05. The first-order chi connectivity index (χ1) is 13.3. The number of rotatable bonds is 4. The fourth-order valence-electron chi connectivity index (χ4n) is 3.72. The molecule has 1 amide bonds. The lowest BCUT2D eigenvalue weighted by molar-refractivity contribution is 0.102. The van der Waals surface area contributed by atoms with Crippen LogP contribution in [0.4, 0.5) is 5.69 Å². The number of aromatic nitrogens is 3. The van der Waals surface area contributed by atoms with Crippen LogP contribution < -0.4 is 5.32 Å². The number of benzene rings is 2. The second kappa shape index (κ2) is 6.65. The summed E-state index contributed by atoms with van der Waals surface area (Å²) in [6, 6.07) is 13.8. The van der Waals surface area contributed by atoms with E-state index in [9.17, 15) is 4.79 Å². The zero-order valence-corrected chi connectivity index (χ0v) is 15.2. The first-order valence-corrected chi connectivity index (χ1v) is 9.72. The van der Waals surface area contributed by atoms with Gasteiger partial charge in [-0.2, -0.15) is 5.10 Å². The smallest absolute Gasteiger partial charge is 0.255 e. The van der Waals surface area contributed by atoms with E-state index >= 15 is 0 Å². The molecule has 0 aliphatic heterocycles. The van der Waals surface area contributed by atoms with E-state index in [1.807, 2.05) is 36.4 Å². The van der Waals surface area contributed by atoms with Crippen LogP contribution in [0.2, 0.25) is 0 Å². The summed E-state index contributed by atoms with van der Waals surface area (Å²) in [5.41, 5.74) is 5.16. The van der Waals surface area contributed by atoms with E-state index in [0.29, 0.717) is 11.7 Å². The van der Waals surface area contributed by atoms with Crippen molar-refractivity contribution in [2.24, 2.45) is 0 Å². The molecule has 0 saturated heterocycles. The minimum absolute atomic E-state index is 0.0648. The Morgan fingerprint density at radius 2 is 1.78 bits per heavy atom.